The molecule has 0 aromatic carbocycles. The summed E-state index contributed by atoms with van der Waals surface area (Å²) in [6, 6.07) is 0.282. The van der Waals surface area contributed by atoms with Crippen LogP contribution >= 0.6 is 23.1 Å². The van der Waals surface area contributed by atoms with Crippen molar-refractivity contribution in [1.29, 1.82) is 0 Å². The van der Waals surface area contributed by atoms with Crippen molar-refractivity contribution in [3.8, 4) is 6.01 Å². The van der Waals surface area contributed by atoms with Crippen LogP contribution in [-0.2, 0) is 0 Å². The van der Waals surface area contributed by atoms with Crippen LogP contribution in [0.4, 0.5) is 5.95 Å². The standard InChI is InChI=1S/C9H12N6OS2/c1-4-10-6-11-7(16-3)13-8(12-6)18-9-15-14-5(2)17-9/h4H2,1-3H3,(H,10,11,12,13). The topological polar surface area (TPSA) is 85.7 Å². The van der Waals surface area contributed by atoms with Gasteiger partial charge in [-0.3, -0.25) is 0 Å². The third-order valence-electron chi connectivity index (χ3n) is 1.80. The van der Waals surface area contributed by atoms with E-state index in [0.29, 0.717) is 11.1 Å². The number of aromatic nitrogens is 5. The average Bonchev–Trinajstić information content (AvgIpc) is 2.75. The van der Waals surface area contributed by atoms with Crippen molar-refractivity contribution >= 4 is 29.0 Å². The second kappa shape index (κ2) is 5.91. The Morgan fingerprint density at radius 3 is 2.72 bits per heavy atom. The van der Waals surface area contributed by atoms with E-state index in [1.165, 1.54) is 30.2 Å². The van der Waals surface area contributed by atoms with Crippen LogP contribution in [0.2, 0.25) is 0 Å². The van der Waals surface area contributed by atoms with Crippen LogP contribution in [0.3, 0.4) is 0 Å². The van der Waals surface area contributed by atoms with E-state index in [4.69, 9.17) is 4.74 Å². The molecule has 96 valence electrons. The van der Waals surface area contributed by atoms with Crippen LogP contribution in [0, 0.1) is 6.92 Å². The third kappa shape index (κ3) is 3.26. The molecule has 0 spiro atoms. The van der Waals surface area contributed by atoms with Crippen LogP contribution in [-0.4, -0.2) is 38.8 Å². The minimum absolute atomic E-state index is 0.282. The Morgan fingerprint density at radius 1 is 1.28 bits per heavy atom. The fourth-order valence-electron chi connectivity index (χ4n) is 1.11. The van der Waals surface area contributed by atoms with E-state index in [0.717, 1.165) is 15.9 Å². The van der Waals surface area contributed by atoms with Crippen molar-refractivity contribution in [3.05, 3.63) is 5.01 Å². The predicted octanol–water partition coefficient (Wildman–Crippen LogP) is 1.62. The predicted molar refractivity (Wildman–Crippen MR) is 69.3 cm³/mol. The minimum atomic E-state index is 0.282. The molecule has 0 aliphatic rings. The van der Waals surface area contributed by atoms with Crippen LogP contribution in [0.5, 0.6) is 6.01 Å². The summed E-state index contributed by atoms with van der Waals surface area (Å²) in [5.74, 6) is 0.494. The van der Waals surface area contributed by atoms with Gasteiger partial charge in [-0.25, -0.2) is 0 Å². The maximum Gasteiger partial charge on any atom is 0.321 e. The fourth-order valence-corrected chi connectivity index (χ4v) is 2.77. The molecule has 0 saturated carbocycles. The summed E-state index contributed by atoms with van der Waals surface area (Å²) < 4.78 is 5.83. The van der Waals surface area contributed by atoms with Gasteiger partial charge < -0.3 is 10.1 Å². The zero-order valence-corrected chi connectivity index (χ0v) is 11.8. The van der Waals surface area contributed by atoms with E-state index in [1.807, 2.05) is 13.8 Å². The largest absolute Gasteiger partial charge is 0.467 e. The summed E-state index contributed by atoms with van der Waals surface area (Å²) in [6.07, 6.45) is 0. The number of nitrogens with one attached hydrogen (secondary N) is 1. The first-order valence-electron chi connectivity index (χ1n) is 5.23. The Morgan fingerprint density at radius 2 is 2.11 bits per heavy atom. The zero-order valence-electron chi connectivity index (χ0n) is 10.2. The molecule has 2 rings (SSSR count). The molecule has 2 heterocycles. The Labute approximate surface area is 112 Å². The van der Waals surface area contributed by atoms with E-state index in [2.05, 4.69) is 30.5 Å². The highest BCUT2D eigenvalue weighted by atomic mass is 32.2. The van der Waals surface area contributed by atoms with E-state index in [1.54, 1.807) is 0 Å². The van der Waals surface area contributed by atoms with Gasteiger partial charge in [-0.05, 0) is 25.6 Å². The van der Waals surface area contributed by atoms with Gasteiger partial charge in [-0.1, -0.05) is 11.3 Å². The van der Waals surface area contributed by atoms with Crippen molar-refractivity contribution < 1.29 is 4.74 Å². The highest BCUT2D eigenvalue weighted by Gasteiger charge is 2.10. The first-order valence-corrected chi connectivity index (χ1v) is 6.86. The van der Waals surface area contributed by atoms with Gasteiger partial charge in [0.1, 0.15) is 5.01 Å². The summed E-state index contributed by atoms with van der Waals surface area (Å²) >= 11 is 2.84. The van der Waals surface area contributed by atoms with Crippen molar-refractivity contribution in [3.63, 3.8) is 0 Å². The number of ether oxygens (including phenoxy) is 1. The SMILES string of the molecule is CCNc1nc(OC)nc(Sc2nnc(C)s2)n1. The summed E-state index contributed by atoms with van der Waals surface area (Å²) in [7, 11) is 1.52. The minimum Gasteiger partial charge on any atom is -0.467 e. The highest BCUT2D eigenvalue weighted by Crippen LogP contribution is 2.28. The lowest BCUT2D eigenvalue weighted by molar-refractivity contribution is 0.373. The molecule has 18 heavy (non-hydrogen) atoms. The van der Waals surface area contributed by atoms with Gasteiger partial charge >= 0.3 is 6.01 Å². The van der Waals surface area contributed by atoms with E-state index in [-0.39, 0.29) is 6.01 Å². The molecule has 0 unspecified atom stereocenters. The van der Waals surface area contributed by atoms with Gasteiger partial charge in [-0.2, -0.15) is 15.0 Å². The number of nitrogens with zero attached hydrogens (tertiary/aromatic N) is 5. The molecule has 0 saturated heterocycles. The summed E-state index contributed by atoms with van der Waals surface area (Å²) in [5, 5.41) is 12.4. The molecular formula is C9H12N6OS2. The summed E-state index contributed by atoms with van der Waals surface area (Å²) in [5.41, 5.74) is 0. The van der Waals surface area contributed by atoms with E-state index >= 15 is 0 Å². The summed E-state index contributed by atoms with van der Waals surface area (Å²) in [4.78, 5) is 12.5. The molecule has 0 amide bonds. The molecule has 2 aromatic rings. The monoisotopic (exact) mass is 284 g/mol. The smallest absolute Gasteiger partial charge is 0.321 e. The van der Waals surface area contributed by atoms with Crippen LogP contribution in [0.15, 0.2) is 9.50 Å². The van der Waals surface area contributed by atoms with Crippen molar-refractivity contribution in [2.75, 3.05) is 19.0 Å². The Kier molecular flexibility index (Phi) is 4.26. The molecular weight excluding hydrogens is 272 g/mol. The van der Waals surface area contributed by atoms with Crippen LogP contribution in [0.25, 0.3) is 0 Å². The molecule has 9 heteroatoms. The molecule has 0 fully saturated rings. The second-order valence-electron chi connectivity index (χ2n) is 3.15. The van der Waals surface area contributed by atoms with Crippen LogP contribution in [0.1, 0.15) is 11.9 Å². The number of hydrogen-bond donors (Lipinski definition) is 1. The molecule has 0 radical (unpaired) electrons. The number of anilines is 1. The Hall–Kier alpha value is -1.48. The van der Waals surface area contributed by atoms with Gasteiger partial charge in [0.2, 0.25) is 11.1 Å². The van der Waals surface area contributed by atoms with Crippen molar-refractivity contribution in [1.82, 2.24) is 25.1 Å². The lowest BCUT2D eigenvalue weighted by Gasteiger charge is -2.04. The molecule has 1 N–H and O–H groups in total. The third-order valence-corrected chi connectivity index (χ3v) is 3.55. The van der Waals surface area contributed by atoms with E-state index in [9.17, 15) is 0 Å². The lowest BCUT2D eigenvalue weighted by atomic mass is 10.7. The molecule has 2 aromatic heterocycles. The second-order valence-corrected chi connectivity index (χ2v) is 5.54. The lowest BCUT2D eigenvalue weighted by Crippen LogP contribution is -2.05. The molecule has 7 nitrogen and oxygen atoms in total. The average molecular weight is 284 g/mol. The van der Waals surface area contributed by atoms with Crippen molar-refractivity contribution in [2.24, 2.45) is 0 Å². The maximum atomic E-state index is 5.04. The molecule has 0 aliphatic carbocycles. The van der Waals surface area contributed by atoms with Gasteiger partial charge in [0.05, 0.1) is 7.11 Å². The van der Waals surface area contributed by atoms with Crippen molar-refractivity contribution in [2.45, 2.75) is 23.3 Å². The zero-order chi connectivity index (χ0) is 13.0. The highest BCUT2D eigenvalue weighted by molar-refractivity contribution is 8.00. The number of methoxy groups -OCH3 is 1. The quantitative estimate of drug-likeness (QED) is 0.886. The summed E-state index contributed by atoms with van der Waals surface area (Å²) in [6.45, 7) is 4.60. The first kappa shape index (κ1) is 13.0. The Balaban J connectivity index is 2.23. The fraction of sp³-hybridized carbons (Fsp3) is 0.444. The molecule has 0 aliphatic heterocycles. The van der Waals surface area contributed by atoms with Gasteiger partial charge in [0, 0.05) is 6.54 Å². The molecule has 0 atom stereocenters. The van der Waals surface area contributed by atoms with Crippen LogP contribution < -0.4 is 10.1 Å². The van der Waals surface area contributed by atoms with Gasteiger partial charge in [0.25, 0.3) is 0 Å². The first-order chi connectivity index (χ1) is 8.71. The van der Waals surface area contributed by atoms with E-state index < -0.39 is 0 Å². The normalized spacial score (nSPS) is 10.4. The maximum absolute atomic E-state index is 5.04. The number of rotatable bonds is 5. The number of hydrogen-bond acceptors (Lipinski definition) is 9. The van der Waals surface area contributed by atoms with Gasteiger partial charge in [-0.15, -0.1) is 10.2 Å². The number of aryl methyl sites for hydroxylation is 1. The Bertz CT molecular complexity index is 532. The van der Waals surface area contributed by atoms with Gasteiger partial charge in [0.15, 0.2) is 4.34 Å². The molecule has 0 bridgehead atoms.